The highest BCUT2D eigenvalue weighted by Crippen LogP contribution is 2.45. The second kappa shape index (κ2) is 12.8. The van der Waals surface area contributed by atoms with Crippen molar-refractivity contribution in [2.24, 2.45) is 0 Å². The lowest BCUT2D eigenvalue weighted by molar-refractivity contribution is 0.668. The first-order valence-corrected chi connectivity index (χ1v) is 19.5. The molecular weight excluding hydrogens is 709 g/mol. The van der Waals surface area contributed by atoms with E-state index in [1.54, 1.807) is 0 Å². The Balaban J connectivity index is 1.11. The van der Waals surface area contributed by atoms with Gasteiger partial charge in [-0.1, -0.05) is 158 Å². The van der Waals surface area contributed by atoms with Gasteiger partial charge in [0.25, 0.3) is 0 Å². The Kier molecular flexibility index (Phi) is 7.16. The van der Waals surface area contributed by atoms with E-state index < -0.39 is 0 Å². The molecule has 0 amide bonds. The van der Waals surface area contributed by atoms with Crippen molar-refractivity contribution in [2.45, 2.75) is 0 Å². The number of hydrogen-bond donors (Lipinski definition) is 0. The number of hydrogen-bond acceptors (Lipinski definition) is 4. The molecule has 0 saturated heterocycles. The van der Waals surface area contributed by atoms with Crippen molar-refractivity contribution in [1.29, 1.82) is 0 Å². The van der Waals surface area contributed by atoms with E-state index >= 15 is 0 Å². The Morgan fingerprint density at radius 1 is 0.345 bits per heavy atom. The van der Waals surface area contributed by atoms with Gasteiger partial charge in [0, 0.05) is 50.0 Å². The maximum Gasteiger partial charge on any atom is 0.164 e. The standard InChI is InChI=1S/C53H32N4O/c1-4-15-33(16-5-1)43-32-45-50(40-24-13-12-23-39(40)43)49-38-22-11-10-17-34(38)27-30-44(49)57(45)37-28-29-41-47(31-37)58-46-26-14-25-42(48(41)46)53-55-51(35-18-6-2-7-19-35)54-52(56-53)36-20-8-3-9-21-36/h1-32H. The predicted octanol–water partition coefficient (Wildman–Crippen LogP) is 13.8. The summed E-state index contributed by atoms with van der Waals surface area (Å²) in [7, 11) is 0. The molecule has 9 aromatic carbocycles. The molecule has 5 heteroatoms. The average molecular weight is 741 g/mol. The van der Waals surface area contributed by atoms with Gasteiger partial charge >= 0.3 is 0 Å². The minimum absolute atomic E-state index is 0.597. The molecule has 3 aromatic heterocycles. The lowest BCUT2D eigenvalue weighted by Crippen LogP contribution is -2.00. The molecule has 0 aliphatic heterocycles. The molecule has 0 saturated carbocycles. The van der Waals surface area contributed by atoms with Crippen LogP contribution in [0.1, 0.15) is 0 Å². The Labute approximate surface area is 333 Å². The smallest absolute Gasteiger partial charge is 0.164 e. The van der Waals surface area contributed by atoms with Gasteiger partial charge in [-0.15, -0.1) is 0 Å². The fraction of sp³-hybridized carbons (Fsp3) is 0. The third kappa shape index (κ3) is 5.00. The van der Waals surface area contributed by atoms with Crippen LogP contribution >= 0.6 is 0 Å². The molecule has 270 valence electrons. The van der Waals surface area contributed by atoms with Gasteiger partial charge in [0.15, 0.2) is 17.5 Å². The lowest BCUT2D eigenvalue weighted by Gasteiger charge is -2.12. The normalized spacial score (nSPS) is 11.8. The zero-order valence-electron chi connectivity index (χ0n) is 31.2. The minimum Gasteiger partial charge on any atom is -0.456 e. The lowest BCUT2D eigenvalue weighted by atomic mass is 9.94. The summed E-state index contributed by atoms with van der Waals surface area (Å²) in [5.41, 5.74) is 10.0. The summed E-state index contributed by atoms with van der Waals surface area (Å²) in [6, 6.07) is 68.0. The van der Waals surface area contributed by atoms with E-state index in [-0.39, 0.29) is 0 Å². The van der Waals surface area contributed by atoms with E-state index in [9.17, 15) is 0 Å². The molecule has 0 atom stereocenters. The van der Waals surface area contributed by atoms with Crippen LogP contribution in [0.5, 0.6) is 0 Å². The molecule has 12 rings (SSSR count). The molecule has 0 unspecified atom stereocenters. The van der Waals surface area contributed by atoms with Crippen molar-refractivity contribution in [2.75, 3.05) is 0 Å². The monoisotopic (exact) mass is 740 g/mol. The summed E-state index contributed by atoms with van der Waals surface area (Å²) in [5.74, 6) is 1.84. The van der Waals surface area contributed by atoms with Gasteiger partial charge in [-0.25, -0.2) is 15.0 Å². The topological polar surface area (TPSA) is 56.7 Å². The summed E-state index contributed by atoms with van der Waals surface area (Å²) in [6.07, 6.45) is 0. The molecule has 0 aliphatic carbocycles. The van der Waals surface area contributed by atoms with Gasteiger partial charge in [0.05, 0.1) is 11.0 Å². The van der Waals surface area contributed by atoms with Crippen molar-refractivity contribution in [3.63, 3.8) is 0 Å². The highest BCUT2D eigenvalue weighted by Gasteiger charge is 2.22. The zero-order valence-corrected chi connectivity index (χ0v) is 31.2. The number of rotatable bonds is 5. The summed E-state index contributed by atoms with van der Waals surface area (Å²) in [6.45, 7) is 0. The molecule has 0 N–H and O–H groups in total. The molecule has 12 aromatic rings. The van der Waals surface area contributed by atoms with Gasteiger partial charge < -0.3 is 8.98 Å². The number of nitrogens with zero attached hydrogens (tertiary/aromatic N) is 4. The Morgan fingerprint density at radius 3 is 1.67 bits per heavy atom. The van der Waals surface area contributed by atoms with Crippen LogP contribution in [-0.4, -0.2) is 19.5 Å². The predicted molar refractivity (Wildman–Crippen MR) is 238 cm³/mol. The van der Waals surface area contributed by atoms with E-state index in [2.05, 4.69) is 126 Å². The Bertz CT molecular complexity index is 3500. The van der Waals surface area contributed by atoms with Crippen molar-refractivity contribution in [3.8, 4) is 51.0 Å². The SMILES string of the molecule is c1ccc(-c2nc(-c3ccccc3)nc(-c3cccc4oc5cc(-n6c7ccc8ccccc8c7c7c8ccccc8c(-c8ccccc8)cc76)ccc5c34)n2)cc1. The second-order valence-electron chi connectivity index (χ2n) is 14.7. The van der Waals surface area contributed by atoms with Crippen molar-refractivity contribution < 1.29 is 4.42 Å². The summed E-state index contributed by atoms with van der Waals surface area (Å²) < 4.78 is 9.17. The summed E-state index contributed by atoms with van der Waals surface area (Å²) in [5, 5.41) is 9.38. The van der Waals surface area contributed by atoms with Gasteiger partial charge in [0.1, 0.15) is 11.2 Å². The molecule has 58 heavy (non-hydrogen) atoms. The molecule has 0 radical (unpaired) electrons. The summed E-state index contributed by atoms with van der Waals surface area (Å²) in [4.78, 5) is 15.1. The summed E-state index contributed by atoms with van der Waals surface area (Å²) >= 11 is 0. The van der Waals surface area contributed by atoms with Crippen LogP contribution in [0, 0.1) is 0 Å². The minimum atomic E-state index is 0.597. The molecule has 0 aliphatic rings. The quantitative estimate of drug-likeness (QED) is 0.176. The molecule has 0 spiro atoms. The van der Waals surface area contributed by atoms with E-state index in [0.29, 0.717) is 17.5 Å². The highest BCUT2D eigenvalue weighted by molar-refractivity contribution is 6.30. The van der Waals surface area contributed by atoms with Crippen LogP contribution in [0.15, 0.2) is 199 Å². The highest BCUT2D eigenvalue weighted by atomic mass is 16.3. The number of fused-ring (bicyclic) bond motifs is 10. The maximum absolute atomic E-state index is 6.76. The van der Waals surface area contributed by atoms with Crippen molar-refractivity contribution >= 4 is 65.3 Å². The van der Waals surface area contributed by atoms with E-state index in [1.807, 2.05) is 72.8 Å². The van der Waals surface area contributed by atoms with Gasteiger partial charge in [-0.2, -0.15) is 0 Å². The van der Waals surface area contributed by atoms with Crippen LogP contribution in [0.2, 0.25) is 0 Å². The molecule has 3 heterocycles. The van der Waals surface area contributed by atoms with Crippen LogP contribution in [0.3, 0.4) is 0 Å². The second-order valence-corrected chi connectivity index (χ2v) is 14.7. The van der Waals surface area contributed by atoms with Gasteiger partial charge in [-0.05, 0) is 63.0 Å². The molecule has 0 fully saturated rings. The van der Waals surface area contributed by atoms with Crippen LogP contribution in [0.25, 0.3) is 116 Å². The third-order valence-corrected chi connectivity index (χ3v) is 11.4. The largest absolute Gasteiger partial charge is 0.456 e. The molecular formula is C53H32N4O. The maximum atomic E-state index is 6.76. The van der Waals surface area contributed by atoms with Crippen molar-refractivity contribution in [1.82, 2.24) is 19.5 Å². The van der Waals surface area contributed by atoms with E-state index in [1.165, 1.54) is 43.4 Å². The molecule has 5 nitrogen and oxygen atoms in total. The van der Waals surface area contributed by atoms with Crippen LogP contribution in [0.4, 0.5) is 0 Å². The number of furan rings is 1. The first-order valence-electron chi connectivity index (χ1n) is 19.5. The van der Waals surface area contributed by atoms with Gasteiger partial charge in [-0.3, -0.25) is 0 Å². The van der Waals surface area contributed by atoms with Gasteiger partial charge in [0.2, 0.25) is 0 Å². The number of aromatic nitrogens is 4. The Morgan fingerprint density at radius 2 is 0.948 bits per heavy atom. The molecule has 0 bridgehead atoms. The number of benzene rings is 9. The third-order valence-electron chi connectivity index (χ3n) is 11.4. The van der Waals surface area contributed by atoms with Crippen LogP contribution < -0.4 is 0 Å². The first-order chi connectivity index (χ1) is 28.8. The fourth-order valence-corrected chi connectivity index (χ4v) is 8.84. The zero-order chi connectivity index (χ0) is 38.2. The fourth-order valence-electron chi connectivity index (χ4n) is 8.84. The van der Waals surface area contributed by atoms with Crippen molar-refractivity contribution in [3.05, 3.63) is 194 Å². The first kappa shape index (κ1) is 32.4. The van der Waals surface area contributed by atoms with Crippen LogP contribution in [-0.2, 0) is 0 Å². The average Bonchev–Trinajstić information content (AvgIpc) is 3.85. The van der Waals surface area contributed by atoms with E-state index in [0.717, 1.165) is 55.3 Å². The Hall–Kier alpha value is -7.89. The van der Waals surface area contributed by atoms with E-state index in [4.69, 9.17) is 19.4 Å².